The minimum Gasteiger partial charge on any atom is -0.507 e. The van der Waals surface area contributed by atoms with Crippen LogP contribution in [0.3, 0.4) is 0 Å². The summed E-state index contributed by atoms with van der Waals surface area (Å²) in [4.78, 5) is 73.1. The third kappa shape index (κ3) is 24.0. The van der Waals surface area contributed by atoms with Crippen LogP contribution in [0.5, 0.6) is 11.5 Å². The van der Waals surface area contributed by atoms with Crippen molar-refractivity contribution in [3.8, 4) is 11.5 Å². The summed E-state index contributed by atoms with van der Waals surface area (Å²) < 4.78 is 10.6. The number of rotatable bonds is 31. The van der Waals surface area contributed by atoms with Crippen LogP contribution in [-0.4, -0.2) is 82.0 Å². The Morgan fingerprint density at radius 1 is 0.500 bits per heavy atom. The molecule has 2 rings (SSSR count). The fourth-order valence-electron chi connectivity index (χ4n) is 5.74. The van der Waals surface area contributed by atoms with Crippen molar-refractivity contribution in [2.45, 2.75) is 129 Å². The van der Waals surface area contributed by atoms with Gasteiger partial charge in [-0.2, -0.15) is 23.5 Å². The third-order valence-electron chi connectivity index (χ3n) is 9.29. The molecular formula is C44H66N4O10S2. The summed E-state index contributed by atoms with van der Waals surface area (Å²) in [6, 6.07) is 9.80. The van der Waals surface area contributed by atoms with Crippen molar-refractivity contribution in [2.75, 3.05) is 36.2 Å². The molecule has 0 saturated heterocycles. The van der Waals surface area contributed by atoms with Gasteiger partial charge in [-0.25, -0.2) is 0 Å². The molecule has 6 N–H and O–H groups in total. The molecule has 0 unspecified atom stereocenters. The molecule has 0 heterocycles. The van der Waals surface area contributed by atoms with Gasteiger partial charge in [-0.1, -0.05) is 77.3 Å². The number of aromatic hydroxyl groups is 2. The monoisotopic (exact) mass is 874 g/mol. The van der Waals surface area contributed by atoms with Gasteiger partial charge in [-0.3, -0.25) is 50.5 Å². The number of nitrogens with one attached hydrogen (secondary N) is 4. The number of benzene rings is 2. The highest BCUT2D eigenvalue weighted by Crippen LogP contribution is 2.21. The van der Waals surface area contributed by atoms with Crippen LogP contribution in [0.4, 0.5) is 0 Å². The maximum atomic E-state index is 12.4. The van der Waals surface area contributed by atoms with E-state index in [1.165, 1.54) is 35.7 Å². The Morgan fingerprint density at radius 2 is 0.867 bits per heavy atom. The number of unbranched alkanes of at least 4 members (excludes halogenated alkanes) is 9. The van der Waals surface area contributed by atoms with E-state index in [1.54, 1.807) is 24.3 Å². The molecule has 0 aliphatic heterocycles. The zero-order chi connectivity index (χ0) is 43.8. The van der Waals surface area contributed by atoms with Crippen molar-refractivity contribution < 1.29 is 48.5 Å². The summed E-state index contributed by atoms with van der Waals surface area (Å²) in [5, 5.41) is 20.1. The van der Waals surface area contributed by atoms with E-state index in [4.69, 9.17) is 9.47 Å². The number of hydrogen-bond donors (Lipinski definition) is 6. The van der Waals surface area contributed by atoms with Crippen LogP contribution in [0.1, 0.15) is 148 Å². The predicted molar refractivity (Wildman–Crippen MR) is 237 cm³/mol. The predicted octanol–water partition coefficient (Wildman–Crippen LogP) is 7.24. The lowest BCUT2D eigenvalue weighted by Gasteiger charge is -2.10. The molecule has 334 valence electrons. The third-order valence-corrected chi connectivity index (χ3v) is 11.3. The van der Waals surface area contributed by atoms with Crippen molar-refractivity contribution in [1.29, 1.82) is 0 Å². The second kappa shape index (κ2) is 32.3. The molecule has 0 radical (unpaired) electrons. The van der Waals surface area contributed by atoms with E-state index >= 15 is 0 Å². The summed E-state index contributed by atoms with van der Waals surface area (Å²) in [5.41, 5.74) is 11.5. The van der Waals surface area contributed by atoms with Crippen molar-refractivity contribution >= 4 is 59.1 Å². The second-order valence-corrected chi connectivity index (χ2v) is 16.9. The number of phenolic OH excluding ortho intramolecular Hbond substituents is 2. The highest BCUT2D eigenvalue weighted by atomic mass is 32.2. The van der Waals surface area contributed by atoms with Crippen LogP contribution in [0, 0.1) is 0 Å². The molecular weight excluding hydrogens is 809 g/mol. The van der Waals surface area contributed by atoms with Crippen LogP contribution >= 0.6 is 23.5 Å². The van der Waals surface area contributed by atoms with Gasteiger partial charge >= 0.3 is 11.9 Å². The highest BCUT2D eigenvalue weighted by Gasteiger charge is 2.15. The molecule has 0 aromatic heterocycles. The quantitative estimate of drug-likeness (QED) is 0.0252. The van der Waals surface area contributed by atoms with E-state index in [9.17, 15) is 39.0 Å². The topological polar surface area (TPSA) is 209 Å². The normalized spacial score (nSPS) is 10.8. The number of phenols is 2. The summed E-state index contributed by atoms with van der Waals surface area (Å²) in [7, 11) is 0. The van der Waals surface area contributed by atoms with Gasteiger partial charge in [0.05, 0.1) is 37.2 Å². The van der Waals surface area contributed by atoms with E-state index in [2.05, 4.69) is 35.6 Å². The lowest BCUT2D eigenvalue weighted by Crippen LogP contribution is -2.41. The lowest BCUT2D eigenvalue weighted by molar-refractivity contribution is -0.144. The fourth-order valence-corrected chi connectivity index (χ4v) is 7.43. The molecule has 2 aromatic rings. The number of aryl methyl sites for hydroxylation is 2. The smallest absolute Gasteiger partial charge is 0.306 e. The molecule has 0 bridgehead atoms. The van der Waals surface area contributed by atoms with Crippen molar-refractivity contribution in [2.24, 2.45) is 0 Å². The highest BCUT2D eigenvalue weighted by molar-refractivity contribution is 7.99. The SMILES string of the molecule is CCCCc1ccc(O)c(C(=O)NNC(=O)CCSCCC(=O)OCCCCCCCCCCOC(=O)CCSCCC(=O)NNC(=O)c2cc(CCCC)ccc2O)c1. The molecule has 60 heavy (non-hydrogen) atoms. The van der Waals surface area contributed by atoms with Crippen molar-refractivity contribution in [3.05, 3.63) is 58.7 Å². The van der Waals surface area contributed by atoms with Crippen molar-refractivity contribution in [1.82, 2.24) is 21.7 Å². The first kappa shape index (κ1) is 51.7. The fraction of sp³-hybridized carbons (Fsp3) is 0.591. The molecule has 14 nitrogen and oxygen atoms in total. The summed E-state index contributed by atoms with van der Waals surface area (Å²) >= 11 is 2.91. The molecule has 0 atom stereocenters. The van der Waals surface area contributed by atoms with E-state index < -0.39 is 11.8 Å². The number of esters is 2. The number of hydrogen-bond acceptors (Lipinski definition) is 12. The summed E-state index contributed by atoms with van der Waals surface area (Å²) in [6.07, 6.45) is 14.3. The van der Waals surface area contributed by atoms with Gasteiger partial charge in [0.2, 0.25) is 11.8 Å². The van der Waals surface area contributed by atoms with E-state index in [0.29, 0.717) is 36.2 Å². The Morgan fingerprint density at radius 3 is 1.25 bits per heavy atom. The van der Waals surface area contributed by atoms with Crippen LogP contribution in [0.15, 0.2) is 36.4 Å². The minimum atomic E-state index is -0.583. The number of carbonyl (C=O) groups excluding carboxylic acids is 6. The first-order valence-electron chi connectivity index (χ1n) is 21.3. The average Bonchev–Trinajstić information content (AvgIpc) is 3.24. The molecule has 4 amide bonds. The van der Waals surface area contributed by atoms with Gasteiger partial charge < -0.3 is 19.7 Å². The van der Waals surface area contributed by atoms with E-state index in [1.807, 2.05) is 0 Å². The second-order valence-electron chi connectivity index (χ2n) is 14.4. The lowest BCUT2D eigenvalue weighted by atomic mass is 10.0. The van der Waals surface area contributed by atoms with Crippen LogP contribution < -0.4 is 21.7 Å². The number of ether oxygens (including phenoxy) is 2. The molecule has 0 saturated carbocycles. The molecule has 0 aliphatic carbocycles. The number of hydrazine groups is 2. The van der Waals surface area contributed by atoms with Gasteiger partial charge in [-0.05, 0) is 73.9 Å². The Balaban J connectivity index is 1.34. The van der Waals surface area contributed by atoms with Crippen LogP contribution in [0.2, 0.25) is 0 Å². The van der Waals surface area contributed by atoms with Gasteiger partial charge in [0.25, 0.3) is 11.8 Å². The Labute approximate surface area is 363 Å². The molecule has 16 heteroatoms. The van der Waals surface area contributed by atoms with Gasteiger partial charge in [0, 0.05) is 35.9 Å². The van der Waals surface area contributed by atoms with E-state index in [0.717, 1.165) is 101 Å². The largest absolute Gasteiger partial charge is 0.507 e. The molecule has 0 aliphatic rings. The number of carbonyl (C=O) groups is 6. The zero-order valence-corrected chi connectivity index (χ0v) is 37.0. The van der Waals surface area contributed by atoms with Gasteiger partial charge in [0.1, 0.15) is 11.5 Å². The first-order valence-corrected chi connectivity index (χ1v) is 23.6. The van der Waals surface area contributed by atoms with Gasteiger partial charge in [0.15, 0.2) is 0 Å². The van der Waals surface area contributed by atoms with Gasteiger partial charge in [-0.15, -0.1) is 0 Å². The molecule has 0 fully saturated rings. The Hall–Kier alpha value is -4.44. The maximum Gasteiger partial charge on any atom is 0.306 e. The summed E-state index contributed by atoms with van der Waals surface area (Å²) in [6.45, 7) is 4.94. The number of amides is 4. The summed E-state index contributed by atoms with van der Waals surface area (Å²) in [5.74, 6) is -0.671. The Bertz CT molecular complexity index is 1510. The Kier molecular flexibility index (Phi) is 27.9. The van der Waals surface area contributed by atoms with Crippen molar-refractivity contribution in [3.63, 3.8) is 0 Å². The molecule has 0 spiro atoms. The maximum absolute atomic E-state index is 12.4. The standard InChI is InChI=1S/C44H66N4O10S2/c1-3-5-15-33-17-19-37(49)35(31-33)43(55)47-45-39(51)21-27-59-29-23-41(53)57-25-13-11-9-7-8-10-12-14-26-58-42(54)24-30-60-28-22-40(52)46-48-44(56)36-32-34(16-6-4-2)18-20-38(36)50/h17-20,31-32,49-50H,3-16,21-30H2,1-2H3,(H,45,51)(H,46,52)(H,47,55)(H,48,56). The number of thioether (sulfide) groups is 2. The molecule has 2 aromatic carbocycles. The zero-order valence-electron chi connectivity index (χ0n) is 35.4. The average molecular weight is 875 g/mol. The first-order chi connectivity index (χ1) is 29.0. The van der Waals surface area contributed by atoms with Crippen LogP contribution in [0.25, 0.3) is 0 Å². The van der Waals surface area contributed by atoms with Crippen LogP contribution in [-0.2, 0) is 41.5 Å². The van der Waals surface area contributed by atoms with E-state index in [-0.39, 0.29) is 72.1 Å². The minimum absolute atomic E-state index is 0.112.